The Labute approximate surface area is 299 Å². The molecule has 0 spiro atoms. The first-order chi connectivity index (χ1) is 23.7. The van der Waals surface area contributed by atoms with Gasteiger partial charge in [-0.25, -0.2) is 0 Å². The first kappa shape index (κ1) is 44.4. The normalized spacial score (nSPS) is 13.6. The van der Waals surface area contributed by atoms with Crippen molar-refractivity contribution in [1.82, 2.24) is 4.90 Å². The van der Waals surface area contributed by atoms with E-state index in [0.29, 0.717) is 19.6 Å². The molecule has 1 aliphatic heterocycles. The summed E-state index contributed by atoms with van der Waals surface area (Å²) in [6, 6.07) is 0. The van der Waals surface area contributed by atoms with Crippen molar-refractivity contribution in [1.29, 1.82) is 0 Å². The summed E-state index contributed by atoms with van der Waals surface area (Å²) in [5, 5.41) is 9.57. The summed E-state index contributed by atoms with van der Waals surface area (Å²) in [7, 11) is 0. The first-order valence-electron chi connectivity index (χ1n) is 21.1. The fourth-order valence-electron chi connectivity index (χ4n) is 6.83. The van der Waals surface area contributed by atoms with Crippen LogP contribution in [-0.4, -0.2) is 65.8 Å². The number of nitrogens with zero attached hydrogens (tertiary/aromatic N) is 2. The maximum absolute atomic E-state index is 12.3. The molecule has 0 fully saturated rings. The molecular weight excluding hydrogens is 592 g/mol. The molecule has 0 radical (unpaired) electrons. The van der Waals surface area contributed by atoms with Crippen molar-refractivity contribution < 1.29 is 19.2 Å². The molecule has 280 valence electrons. The summed E-state index contributed by atoms with van der Waals surface area (Å²) < 4.78 is 7.96. The number of carbonyl (C=O) groups is 1. The SMILES string of the molecule is CCCCCCCCC=CCCCCCCCCC1=[N+](CCO)CCN1CCOC(=O)CCCCCCCC=CCCCCCCCC. The minimum atomic E-state index is -0.0473. The lowest BCUT2D eigenvalue weighted by Crippen LogP contribution is -2.33. The summed E-state index contributed by atoms with van der Waals surface area (Å²) in [6.45, 7) is 8.61. The van der Waals surface area contributed by atoms with Gasteiger partial charge in [0.1, 0.15) is 32.8 Å². The molecule has 0 aromatic carbocycles. The number of unbranched alkanes of at least 4 members (excludes halogenated alkanes) is 23. The third kappa shape index (κ3) is 27.2. The van der Waals surface area contributed by atoms with Gasteiger partial charge < -0.3 is 9.84 Å². The van der Waals surface area contributed by atoms with Gasteiger partial charge in [-0.15, -0.1) is 0 Å². The molecule has 0 saturated heterocycles. The Morgan fingerprint density at radius 3 is 1.56 bits per heavy atom. The maximum atomic E-state index is 12.3. The van der Waals surface area contributed by atoms with Gasteiger partial charge in [-0.05, 0) is 64.2 Å². The third-order valence-corrected chi connectivity index (χ3v) is 9.92. The maximum Gasteiger partial charge on any atom is 0.305 e. The van der Waals surface area contributed by atoms with E-state index in [1.807, 2.05) is 0 Å². The van der Waals surface area contributed by atoms with E-state index in [0.717, 1.165) is 38.9 Å². The molecule has 48 heavy (non-hydrogen) atoms. The second-order valence-electron chi connectivity index (χ2n) is 14.4. The van der Waals surface area contributed by atoms with E-state index in [2.05, 4.69) is 47.6 Å². The van der Waals surface area contributed by atoms with Gasteiger partial charge in [-0.2, -0.15) is 0 Å². The Kier molecular flexibility index (Phi) is 32.6. The number of rotatable bonds is 36. The average Bonchev–Trinajstić information content (AvgIpc) is 3.47. The molecule has 1 aliphatic rings. The average molecular weight is 674 g/mol. The van der Waals surface area contributed by atoms with Crippen molar-refractivity contribution >= 4 is 11.8 Å². The molecule has 0 unspecified atom stereocenters. The number of hydrogen-bond acceptors (Lipinski definition) is 4. The lowest BCUT2D eigenvalue weighted by atomic mass is 10.1. The molecule has 1 rings (SSSR count). The smallest absolute Gasteiger partial charge is 0.305 e. The van der Waals surface area contributed by atoms with Crippen LogP contribution in [0.3, 0.4) is 0 Å². The Morgan fingerprint density at radius 1 is 0.646 bits per heavy atom. The molecule has 0 saturated carbocycles. The van der Waals surface area contributed by atoms with Crippen LogP contribution in [-0.2, 0) is 9.53 Å². The molecule has 0 aromatic rings. The van der Waals surface area contributed by atoms with Crippen molar-refractivity contribution in [2.45, 2.75) is 200 Å². The van der Waals surface area contributed by atoms with E-state index in [-0.39, 0.29) is 12.6 Å². The molecule has 1 N–H and O–H groups in total. The Balaban J connectivity index is 2.04. The van der Waals surface area contributed by atoms with Crippen LogP contribution in [0, 0.1) is 0 Å². The second-order valence-corrected chi connectivity index (χ2v) is 14.4. The lowest BCUT2D eigenvalue weighted by molar-refractivity contribution is -0.521. The number of amidine groups is 1. The number of allylic oxidation sites excluding steroid dienone is 4. The van der Waals surface area contributed by atoms with Crippen molar-refractivity contribution in [3.8, 4) is 0 Å². The van der Waals surface area contributed by atoms with Crippen LogP contribution >= 0.6 is 0 Å². The van der Waals surface area contributed by atoms with Crippen LogP contribution in [0.4, 0.5) is 0 Å². The summed E-state index contributed by atoms with van der Waals surface area (Å²) in [5.74, 6) is 1.29. The Morgan fingerprint density at radius 2 is 1.08 bits per heavy atom. The van der Waals surface area contributed by atoms with E-state index in [1.54, 1.807) is 0 Å². The highest BCUT2D eigenvalue weighted by Gasteiger charge is 2.29. The molecule has 0 amide bonds. The van der Waals surface area contributed by atoms with Crippen LogP contribution < -0.4 is 0 Å². The molecule has 0 aliphatic carbocycles. The van der Waals surface area contributed by atoms with Crippen molar-refractivity contribution in [3.63, 3.8) is 0 Å². The number of ether oxygens (including phenoxy) is 1. The fourth-order valence-corrected chi connectivity index (χ4v) is 6.83. The summed E-state index contributed by atoms with van der Waals surface area (Å²) in [5.41, 5.74) is 0. The quantitative estimate of drug-likeness (QED) is 0.0311. The fraction of sp³-hybridized carbons (Fsp3) is 0.860. The minimum absolute atomic E-state index is 0.0473. The first-order valence-corrected chi connectivity index (χ1v) is 21.1. The zero-order valence-corrected chi connectivity index (χ0v) is 32.2. The predicted octanol–water partition coefficient (Wildman–Crippen LogP) is 11.7. The van der Waals surface area contributed by atoms with Gasteiger partial charge >= 0.3 is 5.97 Å². The molecule has 0 atom stereocenters. The number of carbonyl (C=O) groups excluding carboxylic acids is 1. The zero-order valence-electron chi connectivity index (χ0n) is 32.2. The zero-order chi connectivity index (χ0) is 34.6. The van der Waals surface area contributed by atoms with Gasteiger partial charge in [0, 0.05) is 12.8 Å². The van der Waals surface area contributed by atoms with Gasteiger partial charge in [0.25, 0.3) is 0 Å². The minimum Gasteiger partial charge on any atom is -0.462 e. The van der Waals surface area contributed by atoms with Gasteiger partial charge in [-0.1, -0.05) is 147 Å². The van der Waals surface area contributed by atoms with Crippen LogP contribution in [0.1, 0.15) is 200 Å². The molecule has 0 bridgehead atoms. The molecule has 0 aromatic heterocycles. The highest BCUT2D eigenvalue weighted by molar-refractivity contribution is 5.78. The van der Waals surface area contributed by atoms with Crippen LogP contribution in [0.15, 0.2) is 24.3 Å². The lowest BCUT2D eigenvalue weighted by Gasteiger charge is -2.14. The largest absolute Gasteiger partial charge is 0.462 e. The number of esters is 1. The van der Waals surface area contributed by atoms with Gasteiger partial charge in [-0.3, -0.25) is 14.3 Å². The number of aliphatic hydroxyl groups is 1. The molecule has 5 nitrogen and oxygen atoms in total. The summed E-state index contributed by atoms with van der Waals surface area (Å²) in [4.78, 5) is 14.7. The van der Waals surface area contributed by atoms with Crippen LogP contribution in [0.2, 0.25) is 0 Å². The standard InChI is InChI=1S/C43H81N2O3/c1-3-5-7-9-11-13-15-17-19-21-22-24-26-28-30-32-34-42-44(38-40-46)36-37-45(42)39-41-48-43(47)35-33-31-29-27-25-23-20-18-16-14-12-10-8-6-4-2/h17-20,46H,3-16,21-41H2,1-2H3/q+1. The predicted molar refractivity (Wildman–Crippen MR) is 208 cm³/mol. The molecule has 5 heteroatoms. The Hall–Kier alpha value is -1.62. The van der Waals surface area contributed by atoms with Crippen molar-refractivity contribution in [2.75, 3.05) is 39.4 Å². The highest BCUT2D eigenvalue weighted by Crippen LogP contribution is 2.15. The van der Waals surface area contributed by atoms with Crippen molar-refractivity contribution in [2.24, 2.45) is 0 Å². The van der Waals surface area contributed by atoms with Crippen LogP contribution in [0.25, 0.3) is 0 Å². The number of hydrogen-bond donors (Lipinski definition) is 1. The van der Waals surface area contributed by atoms with E-state index in [4.69, 9.17) is 4.74 Å². The van der Waals surface area contributed by atoms with E-state index >= 15 is 0 Å². The summed E-state index contributed by atoms with van der Waals surface area (Å²) >= 11 is 0. The molecule has 1 heterocycles. The van der Waals surface area contributed by atoms with Gasteiger partial charge in [0.15, 0.2) is 0 Å². The highest BCUT2D eigenvalue weighted by atomic mass is 16.5. The van der Waals surface area contributed by atoms with E-state index in [1.165, 1.54) is 166 Å². The third-order valence-electron chi connectivity index (χ3n) is 9.92. The summed E-state index contributed by atoms with van der Waals surface area (Å²) in [6.07, 6.45) is 46.2. The number of β-amino-alcohol motifs (C(OH)–C–C–N with tert-alkyl or cyclic N) is 1. The van der Waals surface area contributed by atoms with Gasteiger partial charge in [0.2, 0.25) is 5.84 Å². The monoisotopic (exact) mass is 674 g/mol. The second kappa shape index (κ2) is 35.2. The number of aliphatic hydroxyl groups excluding tert-OH is 1. The topological polar surface area (TPSA) is 52.8 Å². The van der Waals surface area contributed by atoms with Crippen LogP contribution in [0.5, 0.6) is 0 Å². The van der Waals surface area contributed by atoms with Gasteiger partial charge in [0.05, 0.1) is 6.61 Å². The Bertz CT molecular complexity index is 806. The van der Waals surface area contributed by atoms with E-state index < -0.39 is 0 Å². The van der Waals surface area contributed by atoms with Crippen molar-refractivity contribution in [3.05, 3.63) is 24.3 Å². The van der Waals surface area contributed by atoms with E-state index in [9.17, 15) is 9.90 Å². The molecular formula is C43H81N2O3+.